The van der Waals surface area contributed by atoms with Crippen LogP contribution in [0.15, 0.2) is 22.7 Å². The van der Waals surface area contributed by atoms with Gasteiger partial charge in [-0.15, -0.1) is 0 Å². The Hall–Kier alpha value is -0.450. The molecule has 1 aliphatic heterocycles. The van der Waals surface area contributed by atoms with E-state index in [1.807, 2.05) is 6.07 Å². The average molecular weight is 301 g/mol. The predicted octanol–water partition coefficient (Wildman–Crippen LogP) is 2.72. The van der Waals surface area contributed by atoms with E-state index >= 15 is 0 Å². The fraction of sp³-hybridized carbons (Fsp3) is 0.538. The number of hydrogen-bond donors (Lipinski definition) is 0. The lowest BCUT2D eigenvalue weighted by Gasteiger charge is -2.37. The van der Waals surface area contributed by atoms with Gasteiger partial charge in [-0.25, -0.2) is 4.39 Å². The highest BCUT2D eigenvalue weighted by atomic mass is 79.9. The second-order valence-corrected chi connectivity index (χ2v) is 5.76. The van der Waals surface area contributed by atoms with Crippen molar-refractivity contribution in [3.8, 4) is 0 Å². The van der Waals surface area contributed by atoms with Crippen LogP contribution in [-0.4, -0.2) is 42.5 Å². The van der Waals surface area contributed by atoms with Crippen molar-refractivity contribution in [2.24, 2.45) is 0 Å². The van der Waals surface area contributed by atoms with Gasteiger partial charge in [0.05, 0.1) is 0 Å². The van der Waals surface area contributed by atoms with E-state index in [1.54, 1.807) is 6.07 Å². The van der Waals surface area contributed by atoms with Crippen LogP contribution in [0.25, 0.3) is 0 Å². The Bertz CT molecular complexity index is 377. The summed E-state index contributed by atoms with van der Waals surface area (Å²) >= 11 is 3.33. The Kier molecular flexibility index (Phi) is 4.17. The van der Waals surface area contributed by atoms with E-state index < -0.39 is 0 Å². The molecular weight excluding hydrogens is 283 g/mol. The zero-order chi connectivity index (χ0) is 12.4. The summed E-state index contributed by atoms with van der Waals surface area (Å²) in [7, 11) is 2.15. The molecule has 0 radical (unpaired) electrons. The standard InChI is InChI=1S/C13H18BrFN2/c1-10-8-17(4-3-16(10)2)9-11-5-12(14)7-13(15)6-11/h5-7,10H,3-4,8-9H2,1-2H3. The molecule has 1 heterocycles. The summed E-state index contributed by atoms with van der Waals surface area (Å²) in [6.07, 6.45) is 0. The highest BCUT2D eigenvalue weighted by molar-refractivity contribution is 9.10. The Morgan fingerprint density at radius 3 is 2.76 bits per heavy atom. The van der Waals surface area contributed by atoms with Crippen LogP contribution in [0.3, 0.4) is 0 Å². The molecule has 0 saturated carbocycles. The molecule has 0 spiro atoms. The molecule has 1 aromatic carbocycles. The molecule has 0 aromatic heterocycles. The van der Waals surface area contributed by atoms with Crippen molar-refractivity contribution in [2.45, 2.75) is 19.5 Å². The molecular formula is C13H18BrFN2. The molecule has 4 heteroatoms. The zero-order valence-corrected chi connectivity index (χ0v) is 11.9. The smallest absolute Gasteiger partial charge is 0.124 e. The SMILES string of the molecule is CC1CN(Cc2cc(F)cc(Br)c2)CCN1C. The third-order valence-electron chi connectivity index (χ3n) is 3.37. The quantitative estimate of drug-likeness (QED) is 0.829. The second-order valence-electron chi connectivity index (χ2n) is 4.84. The predicted molar refractivity (Wildman–Crippen MR) is 71.5 cm³/mol. The van der Waals surface area contributed by atoms with E-state index in [1.165, 1.54) is 6.07 Å². The first-order valence-corrected chi connectivity index (χ1v) is 6.71. The third-order valence-corrected chi connectivity index (χ3v) is 3.83. The summed E-state index contributed by atoms with van der Waals surface area (Å²) in [6, 6.07) is 5.68. The first kappa shape index (κ1) is 13.0. The van der Waals surface area contributed by atoms with Gasteiger partial charge in [-0.3, -0.25) is 4.90 Å². The topological polar surface area (TPSA) is 6.48 Å². The van der Waals surface area contributed by atoms with Crippen molar-refractivity contribution in [1.29, 1.82) is 0 Å². The maximum absolute atomic E-state index is 13.3. The van der Waals surface area contributed by atoms with E-state index in [2.05, 4.69) is 39.7 Å². The minimum atomic E-state index is -0.170. The molecule has 0 N–H and O–H groups in total. The van der Waals surface area contributed by atoms with Crippen LogP contribution >= 0.6 is 15.9 Å². The number of benzene rings is 1. The van der Waals surface area contributed by atoms with E-state index in [4.69, 9.17) is 0 Å². The Morgan fingerprint density at radius 2 is 2.12 bits per heavy atom. The van der Waals surface area contributed by atoms with Gasteiger partial charge in [-0.2, -0.15) is 0 Å². The van der Waals surface area contributed by atoms with Gasteiger partial charge in [0.1, 0.15) is 5.82 Å². The monoisotopic (exact) mass is 300 g/mol. The second kappa shape index (κ2) is 5.46. The normalized spacial score (nSPS) is 22.9. The zero-order valence-electron chi connectivity index (χ0n) is 10.3. The molecule has 1 aromatic rings. The highest BCUT2D eigenvalue weighted by Crippen LogP contribution is 2.17. The van der Waals surface area contributed by atoms with Gasteiger partial charge >= 0.3 is 0 Å². The minimum Gasteiger partial charge on any atom is -0.301 e. The van der Waals surface area contributed by atoms with Crippen molar-refractivity contribution in [2.75, 3.05) is 26.7 Å². The van der Waals surface area contributed by atoms with Gasteiger partial charge in [-0.05, 0) is 37.7 Å². The summed E-state index contributed by atoms with van der Waals surface area (Å²) in [5.41, 5.74) is 1.04. The van der Waals surface area contributed by atoms with Crippen molar-refractivity contribution in [3.05, 3.63) is 34.1 Å². The number of rotatable bonds is 2. The molecule has 1 saturated heterocycles. The molecule has 94 valence electrons. The van der Waals surface area contributed by atoms with Gasteiger partial charge in [0.25, 0.3) is 0 Å². The number of likely N-dealkylation sites (N-methyl/N-ethyl adjacent to an activating group) is 1. The summed E-state index contributed by atoms with van der Waals surface area (Å²) in [5.74, 6) is -0.170. The fourth-order valence-corrected chi connectivity index (χ4v) is 2.74. The fourth-order valence-electron chi connectivity index (χ4n) is 2.23. The Balaban J connectivity index is 2.01. The lowest BCUT2D eigenvalue weighted by Crippen LogP contribution is -2.49. The van der Waals surface area contributed by atoms with Gasteiger partial charge in [-0.1, -0.05) is 15.9 Å². The molecule has 1 fully saturated rings. The minimum absolute atomic E-state index is 0.170. The lowest BCUT2D eigenvalue weighted by atomic mass is 10.1. The van der Waals surface area contributed by atoms with Crippen LogP contribution in [-0.2, 0) is 6.54 Å². The van der Waals surface area contributed by atoms with Gasteiger partial charge in [0.2, 0.25) is 0 Å². The van der Waals surface area contributed by atoms with Crippen LogP contribution in [0.4, 0.5) is 4.39 Å². The molecule has 1 atom stereocenters. The lowest BCUT2D eigenvalue weighted by molar-refractivity contribution is 0.0999. The van der Waals surface area contributed by atoms with Crippen molar-refractivity contribution < 1.29 is 4.39 Å². The summed E-state index contributed by atoms with van der Waals surface area (Å²) in [6.45, 7) is 6.24. The molecule has 2 rings (SSSR count). The molecule has 0 aliphatic carbocycles. The average Bonchev–Trinajstić information content (AvgIpc) is 2.22. The molecule has 0 bridgehead atoms. The maximum atomic E-state index is 13.3. The largest absolute Gasteiger partial charge is 0.301 e. The first-order chi connectivity index (χ1) is 8.04. The first-order valence-electron chi connectivity index (χ1n) is 5.92. The summed E-state index contributed by atoms with van der Waals surface area (Å²) < 4.78 is 14.1. The number of halogens is 2. The van der Waals surface area contributed by atoms with Crippen molar-refractivity contribution >= 4 is 15.9 Å². The Labute approximate surface area is 111 Å². The van der Waals surface area contributed by atoms with Gasteiger partial charge in [0, 0.05) is 36.7 Å². The maximum Gasteiger partial charge on any atom is 0.124 e. The van der Waals surface area contributed by atoms with Crippen molar-refractivity contribution in [1.82, 2.24) is 9.80 Å². The summed E-state index contributed by atoms with van der Waals surface area (Å²) in [5, 5.41) is 0. The van der Waals surface area contributed by atoms with Crippen LogP contribution in [0.2, 0.25) is 0 Å². The third kappa shape index (κ3) is 3.50. The number of piperazine rings is 1. The van der Waals surface area contributed by atoms with Crippen molar-refractivity contribution in [3.63, 3.8) is 0 Å². The van der Waals surface area contributed by atoms with Crippen LogP contribution in [0.1, 0.15) is 12.5 Å². The highest BCUT2D eigenvalue weighted by Gasteiger charge is 2.20. The van der Waals surface area contributed by atoms with Crippen LogP contribution in [0, 0.1) is 5.82 Å². The van der Waals surface area contributed by atoms with E-state index in [-0.39, 0.29) is 5.82 Å². The van der Waals surface area contributed by atoms with E-state index in [9.17, 15) is 4.39 Å². The van der Waals surface area contributed by atoms with Gasteiger partial charge < -0.3 is 4.90 Å². The number of hydrogen-bond acceptors (Lipinski definition) is 2. The molecule has 1 aliphatic rings. The van der Waals surface area contributed by atoms with E-state index in [0.29, 0.717) is 6.04 Å². The van der Waals surface area contributed by atoms with Gasteiger partial charge in [0.15, 0.2) is 0 Å². The van der Waals surface area contributed by atoms with E-state index in [0.717, 1.165) is 36.2 Å². The Morgan fingerprint density at radius 1 is 1.35 bits per heavy atom. The molecule has 1 unspecified atom stereocenters. The van der Waals surface area contributed by atoms with Crippen LogP contribution in [0.5, 0.6) is 0 Å². The molecule has 17 heavy (non-hydrogen) atoms. The number of nitrogens with zero attached hydrogens (tertiary/aromatic N) is 2. The molecule has 2 nitrogen and oxygen atoms in total. The molecule has 0 amide bonds. The summed E-state index contributed by atoms with van der Waals surface area (Å²) in [4.78, 5) is 4.74. The van der Waals surface area contributed by atoms with Crippen LogP contribution < -0.4 is 0 Å².